The first-order chi connectivity index (χ1) is 8.56. The summed E-state index contributed by atoms with van der Waals surface area (Å²) in [5, 5.41) is 11.7. The SMILES string of the molecule is CN1CC[C@@H](NC(=O)c2cccc(C(=O)O)n2)C1. The molecule has 6 nitrogen and oxygen atoms in total. The highest BCUT2D eigenvalue weighted by Gasteiger charge is 2.22. The largest absolute Gasteiger partial charge is 0.477 e. The molecule has 1 aromatic heterocycles. The molecule has 2 N–H and O–H groups in total. The van der Waals surface area contributed by atoms with Crippen LogP contribution in [-0.2, 0) is 0 Å². The molecule has 1 aliphatic heterocycles. The predicted octanol–water partition coefficient (Wildman–Crippen LogP) is 0.214. The summed E-state index contributed by atoms with van der Waals surface area (Å²) in [7, 11) is 2.00. The Balaban J connectivity index is 2.04. The molecule has 18 heavy (non-hydrogen) atoms. The van der Waals surface area contributed by atoms with Gasteiger partial charge in [-0.25, -0.2) is 9.78 Å². The van der Waals surface area contributed by atoms with Crippen molar-refractivity contribution in [2.45, 2.75) is 12.5 Å². The second-order valence-corrected chi connectivity index (χ2v) is 4.43. The normalized spacial score (nSPS) is 19.7. The third kappa shape index (κ3) is 2.84. The van der Waals surface area contributed by atoms with Gasteiger partial charge in [0.15, 0.2) is 0 Å². The first-order valence-corrected chi connectivity index (χ1v) is 5.76. The Hall–Kier alpha value is -1.95. The predicted molar refractivity (Wildman–Crippen MR) is 64.6 cm³/mol. The summed E-state index contributed by atoms with van der Waals surface area (Å²) in [4.78, 5) is 28.6. The van der Waals surface area contributed by atoms with Crippen LogP contribution in [0.4, 0.5) is 0 Å². The number of likely N-dealkylation sites (N-methyl/N-ethyl adjacent to an activating group) is 1. The van der Waals surface area contributed by atoms with Crippen LogP contribution >= 0.6 is 0 Å². The fourth-order valence-electron chi connectivity index (χ4n) is 1.99. The van der Waals surface area contributed by atoms with E-state index >= 15 is 0 Å². The van der Waals surface area contributed by atoms with Gasteiger partial charge in [0.2, 0.25) is 0 Å². The lowest BCUT2D eigenvalue weighted by Crippen LogP contribution is -2.37. The number of carboxylic acids is 1. The number of rotatable bonds is 3. The van der Waals surface area contributed by atoms with E-state index in [4.69, 9.17) is 5.11 Å². The monoisotopic (exact) mass is 249 g/mol. The van der Waals surface area contributed by atoms with Crippen LogP contribution in [0.3, 0.4) is 0 Å². The van der Waals surface area contributed by atoms with E-state index in [-0.39, 0.29) is 23.3 Å². The minimum atomic E-state index is -1.13. The number of pyridine rings is 1. The van der Waals surface area contributed by atoms with Gasteiger partial charge in [-0.15, -0.1) is 0 Å². The highest BCUT2D eigenvalue weighted by Crippen LogP contribution is 2.07. The maximum atomic E-state index is 11.9. The maximum absolute atomic E-state index is 11.9. The third-order valence-corrected chi connectivity index (χ3v) is 2.93. The Morgan fingerprint density at radius 1 is 1.44 bits per heavy atom. The van der Waals surface area contributed by atoms with E-state index in [1.54, 1.807) is 0 Å². The molecule has 1 atom stereocenters. The van der Waals surface area contributed by atoms with Crippen LogP contribution in [0, 0.1) is 0 Å². The maximum Gasteiger partial charge on any atom is 0.354 e. The smallest absolute Gasteiger partial charge is 0.354 e. The fourth-order valence-corrected chi connectivity index (χ4v) is 1.99. The lowest BCUT2D eigenvalue weighted by molar-refractivity contribution is 0.0690. The van der Waals surface area contributed by atoms with Gasteiger partial charge in [-0.05, 0) is 32.1 Å². The molecule has 2 rings (SSSR count). The molecule has 1 saturated heterocycles. The van der Waals surface area contributed by atoms with Crippen molar-refractivity contribution in [2.24, 2.45) is 0 Å². The number of aromatic nitrogens is 1. The Kier molecular flexibility index (Phi) is 3.57. The van der Waals surface area contributed by atoms with Gasteiger partial charge in [-0.1, -0.05) is 6.07 Å². The van der Waals surface area contributed by atoms with Crippen molar-refractivity contribution in [3.8, 4) is 0 Å². The summed E-state index contributed by atoms with van der Waals surface area (Å²) in [6, 6.07) is 4.51. The Morgan fingerprint density at radius 2 is 2.17 bits per heavy atom. The summed E-state index contributed by atoms with van der Waals surface area (Å²) >= 11 is 0. The lowest BCUT2D eigenvalue weighted by Gasteiger charge is -2.12. The van der Waals surface area contributed by atoms with E-state index in [2.05, 4.69) is 15.2 Å². The van der Waals surface area contributed by atoms with E-state index in [9.17, 15) is 9.59 Å². The zero-order valence-corrected chi connectivity index (χ0v) is 10.1. The Morgan fingerprint density at radius 3 is 2.78 bits per heavy atom. The highest BCUT2D eigenvalue weighted by molar-refractivity contribution is 5.94. The van der Waals surface area contributed by atoms with Gasteiger partial charge in [-0.2, -0.15) is 0 Å². The Bertz CT molecular complexity index is 475. The lowest BCUT2D eigenvalue weighted by atomic mass is 10.2. The van der Waals surface area contributed by atoms with E-state index in [1.165, 1.54) is 18.2 Å². The van der Waals surface area contributed by atoms with Crippen LogP contribution in [0.15, 0.2) is 18.2 Å². The zero-order valence-electron chi connectivity index (χ0n) is 10.1. The molecule has 0 aliphatic carbocycles. The van der Waals surface area contributed by atoms with Crippen molar-refractivity contribution in [3.63, 3.8) is 0 Å². The third-order valence-electron chi connectivity index (χ3n) is 2.93. The van der Waals surface area contributed by atoms with E-state index in [0.717, 1.165) is 19.5 Å². The number of amides is 1. The van der Waals surface area contributed by atoms with Crippen molar-refractivity contribution >= 4 is 11.9 Å². The number of carboxylic acid groups (broad SMARTS) is 1. The van der Waals surface area contributed by atoms with Gasteiger partial charge in [-0.3, -0.25) is 4.79 Å². The summed E-state index contributed by atoms with van der Waals surface area (Å²) < 4.78 is 0. The van der Waals surface area contributed by atoms with Crippen molar-refractivity contribution in [1.82, 2.24) is 15.2 Å². The van der Waals surface area contributed by atoms with Crippen molar-refractivity contribution in [1.29, 1.82) is 0 Å². The summed E-state index contributed by atoms with van der Waals surface area (Å²) in [6.07, 6.45) is 0.904. The van der Waals surface area contributed by atoms with Crippen LogP contribution in [0.2, 0.25) is 0 Å². The van der Waals surface area contributed by atoms with Gasteiger partial charge in [0.05, 0.1) is 0 Å². The van der Waals surface area contributed by atoms with Crippen LogP contribution in [0.25, 0.3) is 0 Å². The number of likely N-dealkylation sites (tertiary alicyclic amines) is 1. The molecule has 6 heteroatoms. The molecule has 1 fully saturated rings. The standard InChI is InChI=1S/C12H15N3O3/c1-15-6-5-8(7-15)13-11(16)9-3-2-4-10(14-9)12(17)18/h2-4,8H,5-7H2,1H3,(H,13,16)(H,17,18)/t8-/m1/s1. The topological polar surface area (TPSA) is 82.5 Å². The summed E-state index contributed by atoms with van der Waals surface area (Å²) in [5.41, 5.74) is 0.0237. The quantitative estimate of drug-likeness (QED) is 0.800. The molecule has 0 unspecified atom stereocenters. The minimum Gasteiger partial charge on any atom is -0.477 e. The number of aromatic carboxylic acids is 1. The molecular formula is C12H15N3O3. The van der Waals surface area contributed by atoms with Crippen LogP contribution in [0.1, 0.15) is 27.4 Å². The minimum absolute atomic E-state index is 0.109. The first-order valence-electron chi connectivity index (χ1n) is 5.76. The van der Waals surface area contributed by atoms with Gasteiger partial charge in [0.1, 0.15) is 11.4 Å². The number of nitrogens with zero attached hydrogens (tertiary/aromatic N) is 2. The van der Waals surface area contributed by atoms with Gasteiger partial charge >= 0.3 is 5.97 Å². The molecule has 1 aliphatic rings. The molecule has 96 valence electrons. The van der Waals surface area contributed by atoms with Crippen LogP contribution < -0.4 is 5.32 Å². The molecule has 0 bridgehead atoms. The number of hydrogen-bond acceptors (Lipinski definition) is 4. The molecule has 0 aromatic carbocycles. The molecule has 0 saturated carbocycles. The van der Waals surface area contributed by atoms with Crippen molar-refractivity contribution < 1.29 is 14.7 Å². The van der Waals surface area contributed by atoms with E-state index in [1.807, 2.05) is 7.05 Å². The number of carbonyl (C=O) groups is 2. The van der Waals surface area contributed by atoms with Crippen molar-refractivity contribution in [2.75, 3.05) is 20.1 Å². The Labute approximate surface area is 105 Å². The summed E-state index contributed by atoms with van der Waals surface area (Å²) in [5.74, 6) is -1.45. The number of nitrogens with one attached hydrogen (secondary N) is 1. The van der Waals surface area contributed by atoms with Gasteiger partial charge in [0.25, 0.3) is 5.91 Å². The highest BCUT2D eigenvalue weighted by atomic mass is 16.4. The first kappa shape index (κ1) is 12.5. The number of carbonyl (C=O) groups excluding carboxylic acids is 1. The van der Waals surface area contributed by atoms with E-state index < -0.39 is 5.97 Å². The van der Waals surface area contributed by atoms with Gasteiger partial charge < -0.3 is 15.3 Å². The fraction of sp³-hybridized carbons (Fsp3) is 0.417. The van der Waals surface area contributed by atoms with Gasteiger partial charge in [0, 0.05) is 12.6 Å². The number of hydrogen-bond donors (Lipinski definition) is 2. The van der Waals surface area contributed by atoms with Crippen molar-refractivity contribution in [3.05, 3.63) is 29.6 Å². The molecule has 2 heterocycles. The zero-order chi connectivity index (χ0) is 13.1. The molecular weight excluding hydrogens is 234 g/mol. The van der Waals surface area contributed by atoms with Crippen LogP contribution in [0.5, 0.6) is 0 Å². The van der Waals surface area contributed by atoms with Crippen LogP contribution in [-0.4, -0.2) is 53.0 Å². The summed E-state index contributed by atoms with van der Waals surface area (Å²) in [6.45, 7) is 1.76. The van der Waals surface area contributed by atoms with E-state index in [0.29, 0.717) is 0 Å². The molecule has 1 aromatic rings. The second-order valence-electron chi connectivity index (χ2n) is 4.43. The average molecular weight is 249 g/mol. The molecule has 0 radical (unpaired) electrons. The average Bonchev–Trinajstić information content (AvgIpc) is 2.75. The molecule has 1 amide bonds. The second kappa shape index (κ2) is 5.14. The molecule has 0 spiro atoms.